The van der Waals surface area contributed by atoms with Crippen LogP contribution in [0.15, 0.2) is 30.3 Å². The first-order valence-electron chi connectivity index (χ1n) is 7.25. The first kappa shape index (κ1) is 18.4. The van der Waals surface area contributed by atoms with E-state index in [4.69, 9.17) is 16.3 Å². The van der Waals surface area contributed by atoms with E-state index >= 15 is 0 Å². The molecule has 0 aromatic heterocycles. The highest BCUT2D eigenvalue weighted by Crippen LogP contribution is 2.29. The molecule has 0 aliphatic heterocycles. The summed E-state index contributed by atoms with van der Waals surface area (Å²) in [5.41, 5.74) is 1.97. The molecular weight excluding hydrogens is 348 g/mol. The van der Waals surface area contributed by atoms with E-state index in [9.17, 15) is 19.7 Å². The number of hydrogen-bond acceptors (Lipinski definition) is 5. The fourth-order valence-electron chi connectivity index (χ4n) is 2.27. The molecule has 0 heterocycles. The van der Waals surface area contributed by atoms with Crippen molar-refractivity contribution >= 4 is 35.2 Å². The SMILES string of the molecule is Cc1cc(C)c(NC(=O)COc2ccc(C=O)cc2[N+](=O)[O-])c(Cl)c1. The van der Waals surface area contributed by atoms with E-state index in [-0.39, 0.29) is 17.0 Å². The third kappa shape index (κ3) is 4.54. The molecule has 0 saturated heterocycles. The van der Waals surface area contributed by atoms with Crippen molar-refractivity contribution in [1.29, 1.82) is 0 Å². The Bertz CT molecular complexity index is 828. The molecule has 0 atom stereocenters. The Morgan fingerprint density at radius 3 is 2.64 bits per heavy atom. The minimum atomic E-state index is -0.679. The van der Waals surface area contributed by atoms with E-state index in [1.165, 1.54) is 12.1 Å². The number of aryl methyl sites for hydroxylation is 2. The lowest BCUT2D eigenvalue weighted by Gasteiger charge is -2.12. The highest BCUT2D eigenvalue weighted by Gasteiger charge is 2.17. The van der Waals surface area contributed by atoms with Crippen molar-refractivity contribution < 1.29 is 19.2 Å². The highest BCUT2D eigenvalue weighted by molar-refractivity contribution is 6.34. The van der Waals surface area contributed by atoms with Crippen LogP contribution in [0, 0.1) is 24.0 Å². The number of carbonyl (C=O) groups excluding carboxylic acids is 2. The number of aldehydes is 1. The molecule has 2 rings (SSSR count). The molecule has 0 saturated carbocycles. The van der Waals surface area contributed by atoms with Gasteiger partial charge in [0, 0.05) is 11.6 Å². The fraction of sp³-hybridized carbons (Fsp3) is 0.176. The molecule has 2 aromatic rings. The van der Waals surface area contributed by atoms with Crippen LogP contribution in [0.1, 0.15) is 21.5 Å². The van der Waals surface area contributed by atoms with Crippen molar-refractivity contribution in [2.24, 2.45) is 0 Å². The van der Waals surface area contributed by atoms with Gasteiger partial charge in [0.25, 0.3) is 5.91 Å². The molecule has 0 aliphatic rings. The van der Waals surface area contributed by atoms with Gasteiger partial charge >= 0.3 is 5.69 Å². The maximum absolute atomic E-state index is 12.1. The van der Waals surface area contributed by atoms with E-state index < -0.39 is 17.4 Å². The smallest absolute Gasteiger partial charge is 0.311 e. The summed E-state index contributed by atoms with van der Waals surface area (Å²) in [6, 6.07) is 7.31. The maximum atomic E-state index is 12.1. The Hall–Kier alpha value is -2.93. The van der Waals surface area contributed by atoms with Crippen LogP contribution < -0.4 is 10.1 Å². The van der Waals surface area contributed by atoms with Crippen molar-refractivity contribution in [1.82, 2.24) is 0 Å². The Morgan fingerprint density at radius 2 is 2.04 bits per heavy atom. The van der Waals surface area contributed by atoms with Crippen LogP contribution in [0.25, 0.3) is 0 Å². The number of anilines is 1. The van der Waals surface area contributed by atoms with Gasteiger partial charge in [-0.05, 0) is 43.2 Å². The second-order valence-electron chi connectivity index (χ2n) is 5.38. The van der Waals surface area contributed by atoms with Crippen LogP contribution in [-0.2, 0) is 4.79 Å². The summed E-state index contributed by atoms with van der Waals surface area (Å²) in [5.74, 6) is -0.611. The Kier molecular flexibility index (Phi) is 5.71. The Labute approximate surface area is 148 Å². The van der Waals surface area contributed by atoms with Crippen molar-refractivity contribution in [3.05, 3.63) is 62.2 Å². The predicted octanol–water partition coefficient (Wildman–Crippen LogP) is 3.70. The van der Waals surface area contributed by atoms with Gasteiger partial charge in [0.15, 0.2) is 12.4 Å². The van der Waals surface area contributed by atoms with Gasteiger partial charge in [0.05, 0.1) is 15.6 Å². The molecule has 1 amide bonds. The van der Waals surface area contributed by atoms with E-state index in [0.717, 1.165) is 17.2 Å². The predicted molar refractivity (Wildman–Crippen MR) is 93.5 cm³/mol. The summed E-state index contributed by atoms with van der Waals surface area (Å²) >= 11 is 6.12. The molecule has 25 heavy (non-hydrogen) atoms. The number of benzene rings is 2. The number of nitrogens with one attached hydrogen (secondary N) is 1. The monoisotopic (exact) mass is 362 g/mol. The molecule has 1 N–H and O–H groups in total. The van der Waals surface area contributed by atoms with Crippen molar-refractivity contribution in [3.63, 3.8) is 0 Å². The number of hydrogen-bond donors (Lipinski definition) is 1. The second kappa shape index (κ2) is 7.76. The summed E-state index contributed by atoms with van der Waals surface area (Å²) in [5, 5.41) is 14.1. The molecule has 8 heteroatoms. The van der Waals surface area contributed by atoms with E-state index in [2.05, 4.69) is 5.32 Å². The number of nitro groups is 1. The Morgan fingerprint density at radius 1 is 1.32 bits per heavy atom. The number of ether oxygens (including phenoxy) is 1. The fourth-order valence-corrected chi connectivity index (χ4v) is 2.63. The summed E-state index contributed by atoms with van der Waals surface area (Å²) in [7, 11) is 0. The zero-order valence-corrected chi connectivity index (χ0v) is 14.3. The average molecular weight is 363 g/mol. The van der Waals surface area contributed by atoms with Crippen LogP contribution in [0.2, 0.25) is 5.02 Å². The number of nitro benzene ring substituents is 1. The molecule has 7 nitrogen and oxygen atoms in total. The summed E-state index contributed by atoms with van der Waals surface area (Å²) < 4.78 is 5.22. The average Bonchev–Trinajstić information content (AvgIpc) is 2.55. The van der Waals surface area contributed by atoms with Gasteiger partial charge in [-0.15, -0.1) is 0 Å². The Balaban J connectivity index is 2.11. The van der Waals surface area contributed by atoms with E-state index in [1.54, 1.807) is 13.0 Å². The minimum absolute atomic E-state index is 0.0996. The molecule has 0 aliphatic carbocycles. The summed E-state index contributed by atoms with van der Waals surface area (Å²) in [4.78, 5) is 33.1. The molecule has 0 fully saturated rings. The quantitative estimate of drug-likeness (QED) is 0.480. The van der Waals surface area contributed by atoms with Crippen molar-refractivity contribution in [2.45, 2.75) is 13.8 Å². The number of carbonyl (C=O) groups is 2. The van der Waals surface area contributed by atoms with Crippen LogP contribution in [0.4, 0.5) is 11.4 Å². The van der Waals surface area contributed by atoms with Crippen LogP contribution in [0.3, 0.4) is 0 Å². The van der Waals surface area contributed by atoms with E-state index in [1.807, 2.05) is 13.0 Å². The number of nitrogens with zero attached hydrogens (tertiary/aromatic N) is 1. The van der Waals surface area contributed by atoms with Gasteiger partial charge < -0.3 is 10.1 Å². The summed E-state index contributed by atoms with van der Waals surface area (Å²) in [6.07, 6.45) is 0.492. The standard InChI is InChI=1S/C17H15ClN2O5/c1-10-5-11(2)17(13(18)6-10)19-16(22)9-25-15-4-3-12(8-21)7-14(15)20(23)24/h3-8H,9H2,1-2H3,(H,19,22). The zero-order valence-electron chi connectivity index (χ0n) is 13.5. The second-order valence-corrected chi connectivity index (χ2v) is 5.78. The lowest BCUT2D eigenvalue weighted by atomic mass is 10.1. The molecule has 0 radical (unpaired) electrons. The molecule has 0 bridgehead atoms. The van der Waals surface area contributed by atoms with Crippen molar-refractivity contribution in [3.8, 4) is 5.75 Å². The largest absolute Gasteiger partial charge is 0.477 e. The van der Waals surface area contributed by atoms with Crippen molar-refractivity contribution in [2.75, 3.05) is 11.9 Å². The van der Waals surface area contributed by atoms with Gasteiger partial charge in [0.1, 0.15) is 6.29 Å². The van der Waals surface area contributed by atoms with Gasteiger partial charge in [-0.2, -0.15) is 0 Å². The first-order chi connectivity index (χ1) is 11.8. The lowest BCUT2D eigenvalue weighted by molar-refractivity contribution is -0.385. The third-order valence-corrected chi connectivity index (χ3v) is 3.67. The van der Waals surface area contributed by atoms with Gasteiger partial charge in [-0.1, -0.05) is 17.7 Å². The molecular formula is C17H15ClN2O5. The van der Waals surface area contributed by atoms with Crippen LogP contribution in [-0.4, -0.2) is 23.7 Å². The number of halogens is 1. The maximum Gasteiger partial charge on any atom is 0.311 e. The van der Waals surface area contributed by atoms with Crippen LogP contribution in [0.5, 0.6) is 5.75 Å². The van der Waals surface area contributed by atoms with Gasteiger partial charge in [-0.3, -0.25) is 19.7 Å². The number of rotatable bonds is 6. The number of amides is 1. The third-order valence-electron chi connectivity index (χ3n) is 3.37. The molecule has 0 spiro atoms. The minimum Gasteiger partial charge on any atom is -0.477 e. The van der Waals surface area contributed by atoms with E-state index in [0.29, 0.717) is 17.0 Å². The highest BCUT2D eigenvalue weighted by atomic mass is 35.5. The molecule has 130 valence electrons. The summed E-state index contributed by atoms with van der Waals surface area (Å²) in [6.45, 7) is 3.25. The van der Waals surface area contributed by atoms with Gasteiger partial charge in [-0.25, -0.2) is 0 Å². The topological polar surface area (TPSA) is 98.5 Å². The normalized spacial score (nSPS) is 10.2. The lowest BCUT2D eigenvalue weighted by Crippen LogP contribution is -2.21. The molecule has 2 aromatic carbocycles. The van der Waals surface area contributed by atoms with Gasteiger partial charge in [0.2, 0.25) is 0 Å². The first-order valence-corrected chi connectivity index (χ1v) is 7.62. The zero-order chi connectivity index (χ0) is 18.6. The molecule has 0 unspecified atom stereocenters. The van der Waals surface area contributed by atoms with Crippen LogP contribution >= 0.6 is 11.6 Å².